The van der Waals surface area contributed by atoms with Gasteiger partial charge < -0.3 is 14.2 Å². The molecule has 2 heterocycles. The molecular formula is C22H18ClF4N3O4. The number of methoxy groups -OCH3 is 1. The van der Waals surface area contributed by atoms with Gasteiger partial charge in [-0.25, -0.2) is 4.39 Å². The van der Waals surface area contributed by atoms with Crippen molar-refractivity contribution >= 4 is 17.6 Å². The summed E-state index contributed by atoms with van der Waals surface area (Å²) in [5.74, 6) is -3.20. The molecule has 0 saturated carbocycles. The lowest BCUT2D eigenvalue weighted by atomic mass is 9.98. The molecule has 7 nitrogen and oxygen atoms in total. The highest BCUT2D eigenvalue weighted by atomic mass is 35.5. The molecule has 0 unspecified atom stereocenters. The number of hydrogen-bond donors (Lipinski definition) is 0. The molecular weight excluding hydrogens is 482 g/mol. The lowest BCUT2D eigenvalue weighted by Gasteiger charge is -2.23. The Kier molecular flexibility index (Phi) is 6.50. The van der Waals surface area contributed by atoms with E-state index in [0.717, 1.165) is 4.57 Å². The van der Waals surface area contributed by atoms with Gasteiger partial charge in [-0.3, -0.25) is 9.36 Å². The number of halogens is 5. The molecule has 1 aromatic heterocycles. The van der Waals surface area contributed by atoms with E-state index in [-0.39, 0.29) is 40.0 Å². The second kappa shape index (κ2) is 9.22. The van der Waals surface area contributed by atoms with E-state index in [9.17, 15) is 18.0 Å². The predicted octanol–water partition coefficient (Wildman–Crippen LogP) is 5.20. The van der Waals surface area contributed by atoms with Gasteiger partial charge in [0.1, 0.15) is 12.2 Å². The number of ether oxygens (including phenoxy) is 3. The van der Waals surface area contributed by atoms with Crippen molar-refractivity contribution in [2.75, 3.05) is 13.7 Å². The normalized spacial score (nSPS) is 17.5. The molecule has 34 heavy (non-hydrogen) atoms. The Labute approximate surface area is 196 Å². The number of carbonyl (C=O) groups is 1. The number of fused-ring (bicyclic) bond motifs is 3. The molecule has 0 N–H and O–H groups in total. The monoisotopic (exact) mass is 499 g/mol. The summed E-state index contributed by atoms with van der Waals surface area (Å²) >= 11 is 6.16. The van der Waals surface area contributed by atoms with Crippen LogP contribution in [0, 0.1) is 5.82 Å². The van der Waals surface area contributed by atoms with E-state index in [2.05, 4.69) is 10.2 Å². The standard InChI is InChI=1S/C22H18ClF4N3O4/c1-3-33-17(31)10-16-20-28-29-21(22(25,26)27)30(20)14-8-7-11(23)9-13(14)19(34-16)12-5-4-6-15(32-2)18(12)24/h4-9,16,19H,3,10H2,1-2H3/t16-,19-/m1/s1. The summed E-state index contributed by atoms with van der Waals surface area (Å²) in [4.78, 5) is 12.3. The minimum absolute atomic E-state index is 0.0182. The maximum Gasteiger partial charge on any atom is 0.452 e. The van der Waals surface area contributed by atoms with Crippen LogP contribution in [-0.2, 0) is 20.4 Å². The molecule has 180 valence electrons. The Morgan fingerprint density at radius 3 is 2.65 bits per heavy atom. The third-order valence-electron chi connectivity index (χ3n) is 5.20. The third kappa shape index (κ3) is 4.32. The zero-order valence-corrected chi connectivity index (χ0v) is 18.7. The minimum atomic E-state index is -4.88. The number of alkyl halides is 3. The highest BCUT2D eigenvalue weighted by Crippen LogP contribution is 2.45. The summed E-state index contributed by atoms with van der Waals surface area (Å²) in [6, 6.07) is 8.40. The Bertz CT molecular complexity index is 1230. The van der Waals surface area contributed by atoms with E-state index in [1.807, 2.05) is 0 Å². The van der Waals surface area contributed by atoms with Gasteiger partial charge in [-0.1, -0.05) is 23.7 Å². The number of aromatic nitrogens is 3. The Morgan fingerprint density at radius 1 is 1.21 bits per heavy atom. The molecule has 0 bridgehead atoms. The quantitative estimate of drug-likeness (QED) is 0.355. The molecule has 3 aromatic rings. The van der Waals surface area contributed by atoms with Crippen LogP contribution >= 0.6 is 11.6 Å². The fraction of sp³-hybridized carbons (Fsp3) is 0.318. The van der Waals surface area contributed by atoms with Crippen molar-refractivity contribution in [3.05, 3.63) is 70.0 Å². The van der Waals surface area contributed by atoms with Crippen molar-refractivity contribution in [1.29, 1.82) is 0 Å². The maximum atomic E-state index is 15.3. The highest BCUT2D eigenvalue weighted by molar-refractivity contribution is 6.30. The minimum Gasteiger partial charge on any atom is -0.494 e. The van der Waals surface area contributed by atoms with E-state index in [4.69, 9.17) is 25.8 Å². The van der Waals surface area contributed by atoms with Crippen LogP contribution in [0.15, 0.2) is 36.4 Å². The fourth-order valence-corrected chi connectivity index (χ4v) is 3.98. The van der Waals surface area contributed by atoms with E-state index < -0.39 is 42.4 Å². The van der Waals surface area contributed by atoms with Gasteiger partial charge >= 0.3 is 12.1 Å². The molecule has 0 amide bonds. The van der Waals surface area contributed by atoms with Crippen molar-refractivity contribution in [2.45, 2.75) is 31.7 Å². The molecule has 0 aliphatic carbocycles. The van der Waals surface area contributed by atoms with E-state index in [1.165, 1.54) is 43.5 Å². The molecule has 12 heteroatoms. The molecule has 1 aliphatic rings. The van der Waals surface area contributed by atoms with Crippen LogP contribution in [0.2, 0.25) is 5.02 Å². The second-order valence-electron chi connectivity index (χ2n) is 7.30. The fourth-order valence-electron chi connectivity index (χ4n) is 3.80. The lowest BCUT2D eigenvalue weighted by molar-refractivity contribution is -0.147. The molecule has 0 fully saturated rings. The average Bonchev–Trinajstić information content (AvgIpc) is 3.18. The molecule has 4 rings (SSSR count). The number of hydrogen-bond acceptors (Lipinski definition) is 6. The van der Waals surface area contributed by atoms with Gasteiger partial charge in [0, 0.05) is 16.1 Å². The van der Waals surface area contributed by atoms with Crippen molar-refractivity contribution < 1.29 is 36.6 Å². The van der Waals surface area contributed by atoms with Gasteiger partial charge in [-0.05, 0) is 31.2 Å². The predicted molar refractivity (Wildman–Crippen MR) is 111 cm³/mol. The van der Waals surface area contributed by atoms with E-state index >= 15 is 4.39 Å². The summed E-state index contributed by atoms with van der Waals surface area (Å²) in [5, 5.41) is 7.18. The molecule has 1 aliphatic heterocycles. The van der Waals surface area contributed by atoms with Crippen molar-refractivity contribution in [1.82, 2.24) is 14.8 Å². The third-order valence-corrected chi connectivity index (χ3v) is 5.43. The summed E-state index contributed by atoms with van der Waals surface area (Å²) in [6.07, 6.45) is -7.96. The zero-order valence-electron chi connectivity index (χ0n) is 17.9. The van der Waals surface area contributed by atoms with Gasteiger partial charge in [0.15, 0.2) is 17.4 Å². The second-order valence-corrected chi connectivity index (χ2v) is 7.73. The largest absolute Gasteiger partial charge is 0.494 e. The summed E-state index contributed by atoms with van der Waals surface area (Å²) in [7, 11) is 1.28. The van der Waals surface area contributed by atoms with Gasteiger partial charge in [-0.15, -0.1) is 10.2 Å². The average molecular weight is 500 g/mol. The SMILES string of the molecule is CCOC(=O)C[C@H]1O[C@H](c2cccc(OC)c2F)c2cc(Cl)ccc2-n2c1nnc2C(F)(F)F. The lowest BCUT2D eigenvalue weighted by Crippen LogP contribution is -2.18. The molecule has 0 saturated heterocycles. The first-order chi connectivity index (χ1) is 16.2. The van der Waals surface area contributed by atoms with Gasteiger partial charge in [0.2, 0.25) is 5.82 Å². The van der Waals surface area contributed by atoms with Crippen LogP contribution in [0.1, 0.15) is 48.3 Å². The highest BCUT2D eigenvalue weighted by Gasteiger charge is 2.44. The first-order valence-electron chi connectivity index (χ1n) is 10.1. The van der Waals surface area contributed by atoms with Crippen LogP contribution in [-0.4, -0.2) is 34.5 Å². The van der Waals surface area contributed by atoms with Crippen LogP contribution in [0.3, 0.4) is 0 Å². The van der Waals surface area contributed by atoms with Gasteiger partial charge in [0.25, 0.3) is 0 Å². The number of esters is 1. The van der Waals surface area contributed by atoms with Crippen molar-refractivity contribution in [3.63, 3.8) is 0 Å². The number of rotatable bonds is 5. The number of carbonyl (C=O) groups excluding carboxylic acids is 1. The first kappa shape index (κ1) is 24.0. The number of benzene rings is 2. The zero-order chi connectivity index (χ0) is 24.6. The molecule has 2 aromatic carbocycles. The van der Waals surface area contributed by atoms with Crippen LogP contribution in [0.25, 0.3) is 5.69 Å². The molecule has 0 spiro atoms. The van der Waals surface area contributed by atoms with E-state index in [1.54, 1.807) is 6.92 Å². The van der Waals surface area contributed by atoms with Crippen molar-refractivity contribution in [3.8, 4) is 11.4 Å². The molecule has 0 radical (unpaired) electrons. The first-order valence-corrected chi connectivity index (χ1v) is 10.5. The van der Waals surface area contributed by atoms with Crippen molar-refractivity contribution in [2.24, 2.45) is 0 Å². The summed E-state index contributed by atoms with van der Waals surface area (Å²) in [6.45, 7) is 1.64. The Balaban J connectivity index is 1.98. The summed E-state index contributed by atoms with van der Waals surface area (Å²) < 4.78 is 73.7. The van der Waals surface area contributed by atoms with Crippen LogP contribution < -0.4 is 4.74 Å². The Morgan fingerprint density at radius 2 is 1.97 bits per heavy atom. The smallest absolute Gasteiger partial charge is 0.452 e. The van der Waals surface area contributed by atoms with Gasteiger partial charge in [0.05, 0.1) is 25.8 Å². The van der Waals surface area contributed by atoms with Gasteiger partial charge in [-0.2, -0.15) is 13.2 Å². The topological polar surface area (TPSA) is 75.5 Å². The molecule has 2 atom stereocenters. The maximum absolute atomic E-state index is 15.3. The summed E-state index contributed by atoms with van der Waals surface area (Å²) in [5.41, 5.74) is 0.0804. The number of nitrogens with zero attached hydrogens (tertiary/aromatic N) is 3. The van der Waals surface area contributed by atoms with Crippen LogP contribution in [0.5, 0.6) is 5.75 Å². The Hall–Kier alpha value is -3.18. The van der Waals surface area contributed by atoms with E-state index in [0.29, 0.717) is 0 Å². The van der Waals surface area contributed by atoms with Crippen LogP contribution in [0.4, 0.5) is 17.6 Å².